The molecule has 0 aromatic carbocycles. The van der Waals surface area contributed by atoms with Crippen LogP contribution in [0.5, 0.6) is 0 Å². The summed E-state index contributed by atoms with van der Waals surface area (Å²) in [5.41, 5.74) is 0. The molecule has 4 atom stereocenters. The number of piperidine rings is 1. The molecular weight excluding hydrogens is 218 g/mol. The van der Waals surface area contributed by atoms with E-state index < -0.39 is 5.92 Å². The number of ether oxygens (including phenoxy) is 1. The van der Waals surface area contributed by atoms with Crippen molar-refractivity contribution in [2.75, 3.05) is 6.61 Å². The van der Waals surface area contributed by atoms with Gasteiger partial charge in [0.15, 0.2) is 0 Å². The Morgan fingerprint density at radius 1 is 1.41 bits per heavy atom. The molecule has 1 amide bonds. The molecule has 1 aliphatic carbocycles. The SMILES string of the molecule is CCOC(=O)C1CC2CC(C)CCC2NC1=O. The fourth-order valence-corrected chi connectivity index (χ4v) is 3.09. The van der Waals surface area contributed by atoms with E-state index in [9.17, 15) is 9.59 Å². The van der Waals surface area contributed by atoms with Crippen LogP contribution in [0, 0.1) is 17.8 Å². The fourth-order valence-electron chi connectivity index (χ4n) is 3.09. The monoisotopic (exact) mass is 239 g/mol. The Kier molecular flexibility index (Phi) is 3.69. The Morgan fingerprint density at radius 3 is 2.88 bits per heavy atom. The van der Waals surface area contributed by atoms with Gasteiger partial charge < -0.3 is 10.1 Å². The van der Waals surface area contributed by atoms with Crippen LogP contribution in [0.1, 0.15) is 39.5 Å². The smallest absolute Gasteiger partial charge is 0.318 e. The van der Waals surface area contributed by atoms with Crippen molar-refractivity contribution in [3.05, 3.63) is 0 Å². The average molecular weight is 239 g/mol. The number of hydrogen-bond donors (Lipinski definition) is 1. The first-order valence-corrected chi connectivity index (χ1v) is 6.58. The minimum Gasteiger partial charge on any atom is -0.465 e. The summed E-state index contributed by atoms with van der Waals surface area (Å²) in [4.78, 5) is 23.5. The van der Waals surface area contributed by atoms with Gasteiger partial charge in [-0.25, -0.2) is 0 Å². The number of amides is 1. The Balaban J connectivity index is 2.01. The molecule has 4 nitrogen and oxygen atoms in total. The Morgan fingerprint density at radius 2 is 2.18 bits per heavy atom. The van der Waals surface area contributed by atoms with Crippen molar-refractivity contribution in [3.8, 4) is 0 Å². The van der Waals surface area contributed by atoms with Gasteiger partial charge in [-0.3, -0.25) is 9.59 Å². The maximum absolute atomic E-state index is 11.8. The van der Waals surface area contributed by atoms with Gasteiger partial charge in [0.2, 0.25) is 5.91 Å². The minimum atomic E-state index is -0.582. The number of rotatable bonds is 2. The first-order valence-electron chi connectivity index (χ1n) is 6.58. The molecule has 1 aliphatic heterocycles. The minimum absolute atomic E-state index is 0.140. The highest BCUT2D eigenvalue weighted by molar-refractivity contribution is 5.98. The molecule has 0 radical (unpaired) electrons. The number of fused-ring (bicyclic) bond motifs is 1. The van der Waals surface area contributed by atoms with E-state index in [4.69, 9.17) is 4.74 Å². The highest BCUT2D eigenvalue weighted by atomic mass is 16.5. The zero-order valence-corrected chi connectivity index (χ0v) is 10.6. The van der Waals surface area contributed by atoms with Crippen LogP contribution in [0.25, 0.3) is 0 Å². The van der Waals surface area contributed by atoms with Gasteiger partial charge in [0.1, 0.15) is 5.92 Å². The number of hydrogen-bond acceptors (Lipinski definition) is 3. The van der Waals surface area contributed by atoms with Crippen LogP contribution in [0.15, 0.2) is 0 Å². The third-order valence-electron chi connectivity index (χ3n) is 4.00. The average Bonchev–Trinajstić information content (AvgIpc) is 2.29. The number of carbonyl (C=O) groups is 2. The summed E-state index contributed by atoms with van der Waals surface area (Å²) in [7, 11) is 0. The lowest BCUT2D eigenvalue weighted by molar-refractivity contribution is -0.155. The van der Waals surface area contributed by atoms with Crippen molar-refractivity contribution in [1.82, 2.24) is 5.32 Å². The maximum atomic E-state index is 11.8. The van der Waals surface area contributed by atoms with E-state index in [1.165, 1.54) is 6.42 Å². The second kappa shape index (κ2) is 5.07. The van der Waals surface area contributed by atoms with E-state index >= 15 is 0 Å². The van der Waals surface area contributed by atoms with E-state index in [1.807, 2.05) is 0 Å². The zero-order valence-electron chi connectivity index (χ0n) is 10.6. The van der Waals surface area contributed by atoms with Gasteiger partial charge in [-0.05, 0) is 44.4 Å². The Labute approximate surface area is 102 Å². The second-order valence-electron chi connectivity index (χ2n) is 5.33. The van der Waals surface area contributed by atoms with E-state index in [0.717, 1.165) is 12.8 Å². The van der Waals surface area contributed by atoms with Crippen LogP contribution in [-0.4, -0.2) is 24.5 Å². The van der Waals surface area contributed by atoms with Crippen LogP contribution in [0.2, 0.25) is 0 Å². The topological polar surface area (TPSA) is 55.4 Å². The van der Waals surface area contributed by atoms with Crippen molar-refractivity contribution in [2.45, 2.75) is 45.6 Å². The second-order valence-corrected chi connectivity index (χ2v) is 5.33. The lowest BCUT2D eigenvalue weighted by Gasteiger charge is -2.40. The van der Waals surface area contributed by atoms with Crippen LogP contribution < -0.4 is 5.32 Å². The van der Waals surface area contributed by atoms with Crippen molar-refractivity contribution >= 4 is 11.9 Å². The van der Waals surface area contributed by atoms with E-state index in [-0.39, 0.29) is 17.9 Å². The van der Waals surface area contributed by atoms with Gasteiger partial charge in [0.05, 0.1) is 6.61 Å². The number of esters is 1. The third kappa shape index (κ3) is 2.61. The van der Waals surface area contributed by atoms with Gasteiger partial charge in [-0.2, -0.15) is 0 Å². The third-order valence-corrected chi connectivity index (χ3v) is 4.00. The summed E-state index contributed by atoms with van der Waals surface area (Å²) in [6.07, 6.45) is 4.00. The highest BCUT2D eigenvalue weighted by Crippen LogP contribution is 2.36. The van der Waals surface area contributed by atoms with E-state index in [2.05, 4.69) is 12.2 Å². The molecule has 0 spiro atoms. The van der Waals surface area contributed by atoms with Gasteiger partial charge in [0, 0.05) is 6.04 Å². The summed E-state index contributed by atoms with van der Waals surface area (Å²) in [5.74, 6) is 0.0717. The number of nitrogens with one attached hydrogen (secondary N) is 1. The van der Waals surface area contributed by atoms with Gasteiger partial charge >= 0.3 is 5.97 Å². The maximum Gasteiger partial charge on any atom is 0.318 e. The van der Waals surface area contributed by atoms with Gasteiger partial charge in [-0.15, -0.1) is 0 Å². The Hall–Kier alpha value is -1.06. The first-order chi connectivity index (χ1) is 8.11. The molecule has 4 unspecified atom stereocenters. The lowest BCUT2D eigenvalue weighted by Crippen LogP contribution is -2.53. The molecule has 96 valence electrons. The largest absolute Gasteiger partial charge is 0.465 e. The quantitative estimate of drug-likeness (QED) is 0.586. The predicted octanol–water partition coefficient (Wildman–Crippen LogP) is 1.49. The molecule has 0 bridgehead atoms. The van der Waals surface area contributed by atoms with Gasteiger partial charge in [0.25, 0.3) is 0 Å². The fraction of sp³-hybridized carbons (Fsp3) is 0.846. The molecule has 1 saturated heterocycles. The molecule has 2 rings (SSSR count). The molecule has 1 saturated carbocycles. The van der Waals surface area contributed by atoms with Crippen LogP contribution in [0.4, 0.5) is 0 Å². The Bertz CT molecular complexity index is 316. The predicted molar refractivity (Wildman–Crippen MR) is 63.2 cm³/mol. The molecule has 17 heavy (non-hydrogen) atoms. The molecule has 0 aromatic rings. The van der Waals surface area contributed by atoms with Crippen LogP contribution >= 0.6 is 0 Å². The van der Waals surface area contributed by atoms with Crippen molar-refractivity contribution in [1.29, 1.82) is 0 Å². The van der Waals surface area contributed by atoms with Crippen LogP contribution in [0.3, 0.4) is 0 Å². The summed E-state index contributed by atoms with van der Waals surface area (Å²) in [6, 6.07) is 0.282. The summed E-state index contributed by atoms with van der Waals surface area (Å²) < 4.78 is 4.96. The lowest BCUT2D eigenvalue weighted by atomic mass is 9.72. The highest BCUT2D eigenvalue weighted by Gasteiger charge is 2.42. The zero-order chi connectivity index (χ0) is 12.4. The van der Waals surface area contributed by atoms with Crippen molar-refractivity contribution in [2.24, 2.45) is 17.8 Å². The van der Waals surface area contributed by atoms with Crippen molar-refractivity contribution < 1.29 is 14.3 Å². The van der Waals surface area contributed by atoms with Gasteiger partial charge in [-0.1, -0.05) is 6.92 Å². The summed E-state index contributed by atoms with van der Waals surface area (Å²) in [5, 5.41) is 2.99. The standard InChI is InChI=1S/C13H21NO3/c1-3-17-13(16)10-7-9-6-8(2)4-5-11(9)14-12(10)15/h8-11H,3-7H2,1-2H3,(H,14,15). The molecular formula is C13H21NO3. The summed E-state index contributed by atoms with van der Waals surface area (Å²) in [6.45, 7) is 4.35. The first kappa shape index (κ1) is 12.4. The van der Waals surface area contributed by atoms with Crippen molar-refractivity contribution in [3.63, 3.8) is 0 Å². The molecule has 1 heterocycles. The normalized spacial score (nSPS) is 36.9. The van der Waals surface area contributed by atoms with E-state index in [1.54, 1.807) is 6.92 Å². The molecule has 0 aromatic heterocycles. The molecule has 2 aliphatic rings. The summed E-state index contributed by atoms with van der Waals surface area (Å²) >= 11 is 0. The molecule has 4 heteroatoms. The molecule has 1 N–H and O–H groups in total. The van der Waals surface area contributed by atoms with E-state index in [0.29, 0.717) is 24.9 Å². The molecule has 2 fully saturated rings. The van der Waals surface area contributed by atoms with Crippen LogP contribution in [-0.2, 0) is 14.3 Å². The number of carbonyl (C=O) groups excluding carboxylic acids is 2.